The standard InChI is InChI=1S/C18H24N2O4/c1-2-3-4-5-6-9-12-19-16(21)15-13-10-7-8-11-14(13)17(22)20(24)18(15)23/h7-8,10-11,23-24H,2-6,9,12H2,1H3,(H,19,21). The van der Waals surface area contributed by atoms with E-state index < -0.39 is 17.3 Å². The Labute approximate surface area is 140 Å². The quantitative estimate of drug-likeness (QED) is 0.512. The number of aromatic nitrogens is 1. The molecule has 6 heteroatoms. The molecule has 0 saturated heterocycles. The summed E-state index contributed by atoms with van der Waals surface area (Å²) in [5.74, 6) is -1.24. The summed E-state index contributed by atoms with van der Waals surface area (Å²) in [6.07, 6.45) is 6.65. The highest BCUT2D eigenvalue weighted by atomic mass is 16.5. The Kier molecular flexibility index (Phi) is 6.23. The Morgan fingerprint density at radius 2 is 1.71 bits per heavy atom. The zero-order valence-electron chi connectivity index (χ0n) is 13.9. The fourth-order valence-electron chi connectivity index (χ4n) is 2.74. The molecule has 0 fully saturated rings. The van der Waals surface area contributed by atoms with E-state index in [0.29, 0.717) is 11.9 Å². The van der Waals surface area contributed by atoms with Gasteiger partial charge in [-0.15, -0.1) is 4.73 Å². The molecule has 0 saturated carbocycles. The molecular formula is C18H24N2O4. The van der Waals surface area contributed by atoms with Crippen LogP contribution in [0.15, 0.2) is 29.1 Å². The van der Waals surface area contributed by atoms with Crippen LogP contribution in [0.25, 0.3) is 10.8 Å². The number of carbonyl (C=O) groups excluding carboxylic acids is 1. The Balaban J connectivity index is 2.09. The summed E-state index contributed by atoms with van der Waals surface area (Å²) in [7, 11) is 0. The minimum absolute atomic E-state index is 0.0846. The number of pyridine rings is 1. The topological polar surface area (TPSA) is 91.6 Å². The van der Waals surface area contributed by atoms with Crippen LogP contribution in [0.4, 0.5) is 0 Å². The number of aromatic hydroxyl groups is 1. The molecule has 0 aliphatic heterocycles. The Bertz CT molecular complexity index is 767. The number of unbranched alkanes of at least 4 members (excludes halogenated alkanes) is 5. The van der Waals surface area contributed by atoms with Gasteiger partial charge in [0.05, 0.1) is 5.39 Å². The molecule has 1 aromatic heterocycles. The van der Waals surface area contributed by atoms with E-state index in [1.54, 1.807) is 18.2 Å². The summed E-state index contributed by atoms with van der Waals surface area (Å²) in [6.45, 7) is 2.65. The lowest BCUT2D eigenvalue weighted by Gasteiger charge is -2.11. The molecule has 1 aromatic carbocycles. The van der Waals surface area contributed by atoms with E-state index in [2.05, 4.69) is 12.2 Å². The van der Waals surface area contributed by atoms with E-state index in [4.69, 9.17) is 0 Å². The smallest absolute Gasteiger partial charge is 0.294 e. The van der Waals surface area contributed by atoms with Crippen LogP contribution in [0, 0.1) is 0 Å². The first-order valence-corrected chi connectivity index (χ1v) is 8.42. The van der Waals surface area contributed by atoms with Gasteiger partial charge in [-0.25, -0.2) is 0 Å². The van der Waals surface area contributed by atoms with Crippen molar-refractivity contribution < 1.29 is 15.1 Å². The Morgan fingerprint density at radius 1 is 1.08 bits per heavy atom. The lowest BCUT2D eigenvalue weighted by Crippen LogP contribution is -2.28. The minimum Gasteiger partial charge on any atom is -0.492 e. The SMILES string of the molecule is CCCCCCCCNC(=O)c1c(O)n(O)c(=O)c2ccccc12. The maximum atomic E-state index is 12.4. The second kappa shape index (κ2) is 8.38. The number of amides is 1. The zero-order chi connectivity index (χ0) is 17.5. The fourth-order valence-corrected chi connectivity index (χ4v) is 2.74. The molecule has 1 heterocycles. The van der Waals surface area contributed by atoms with Crippen LogP contribution < -0.4 is 10.9 Å². The van der Waals surface area contributed by atoms with Gasteiger partial charge < -0.3 is 15.6 Å². The van der Waals surface area contributed by atoms with Crippen molar-refractivity contribution in [3.05, 3.63) is 40.2 Å². The summed E-state index contributed by atoms with van der Waals surface area (Å²) in [6, 6.07) is 6.40. The van der Waals surface area contributed by atoms with Gasteiger partial charge >= 0.3 is 0 Å². The van der Waals surface area contributed by atoms with Gasteiger partial charge in [0.15, 0.2) is 0 Å². The normalized spacial score (nSPS) is 10.9. The number of carbonyl (C=O) groups is 1. The van der Waals surface area contributed by atoms with E-state index >= 15 is 0 Å². The van der Waals surface area contributed by atoms with Crippen molar-refractivity contribution in [2.75, 3.05) is 6.54 Å². The van der Waals surface area contributed by atoms with Gasteiger partial charge in [-0.1, -0.05) is 57.2 Å². The van der Waals surface area contributed by atoms with Crippen molar-refractivity contribution in [1.29, 1.82) is 0 Å². The monoisotopic (exact) mass is 332 g/mol. The third-order valence-corrected chi connectivity index (χ3v) is 4.09. The molecule has 0 atom stereocenters. The number of nitrogens with one attached hydrogen (secondary N) is 1. The summed E-state index contributed by atoms with van der Waals surface area (Å²) < 4.78 is 0.113. The van der Waals surface area contributed by atoms with Gasteiger partial charge in [0.2, 0.25) is 5.88 Å². The van der Waals surface area contributed by atoms with Gasteiger partial charge in [0, 0.05) is 11.9 Å². The number of hydrogen-bond donors (Lipinski definition) is 3. The van der Waals surface area contributed by atoms with Gasteiger partial charge in [0.25, 0.3) is 11.5 Å². The van der Waals surface area contributed by atoms with Gasteiger partial charge in [-0.3, -0.25) is 9.59 Å². The molecule has 1 amide bonds. The van der Waals surface area contributed by atoms with Crippen LogP contribution in [0.3, 0.4) is 0 Å². The van der Waals surface area contributed by atoms with E-state index in [1.807, 2.05) is 0 Å². The van der Waals surface area contributed by atoms with E-state index in [-0.39, 0.29) is 15.7 Å². The molecule has 0 aliphatic rings. The molecule has 2 rings (SSSR count). The second-order valence-corrected chi connectivity index (χ2v) is 5.88. The Morgan fingerprint density at radius 3 is 2.42 bits per heavy atom. The van der Waals surface area contributed by atoms with Crippen LogP contribution in [0.2, 0.25) is 0 Å². The van der Waals surface area contributed by atoms with Gasteiger partial charge in [0.1, 0.15) is 5.56 Å². The number of fused-ring (bicyclic) bond motifs is 1. The van der Waals surface area contributed by atoms with Crippen LogP contribution >= 0.6 is 0 Å². The molecule has 0 aliphatic carbocycles. The maximum Gasteiger partial charge on any atom is 0.294 e. The zero-order valence-corrected chi connectivity index (χ0v) is 13.9. The highest BCUT2D eigenvalue weighted by Gasteiger charge is 2.21. The van der Waals surface area contributed by atoms with Crippen molar-refractivity contribution in [1.82, 2.24) is 10.0 Å². The first-order chi connectivity index (χ1) is 11.6. The largest absolute Gasteiger partial charge is 0.492 e. The average Bonchev–Trinajstić information content (AvgIpc) is 2.59. The molecule has 130 valence electrons. The van der Waals surface area contributed by atoms with Crippen LogP contribution in [-0.4, -0.2) is 27.5 Å². The number of rotatable bonds is 8. The molecule has 3 N–H and O–H groups in total. The third kappa shape index (κ3) is 3.88. The predicted octanol–water partition coefficient (Wildman–Crippen LogP) is 3.03. The predicted molar refractivity (Wildman–Crippen MR) is 92.8 cm³/mol. The highest BCUT2D eigenvalue weighted by Crippen LogP contribution is 2.23. The summed E-state index contributed by atoms with van der Waals surface area (Å²) >= 11 is 0. The average molecular weight is 332 g/mol. The Hall–Kier alpha value is -2.50. The molecule has 0 unspecified atom stereocenters. The van der Waals surface area contributed by atoms with Crippen molar-refractivity contribution in [2.24, 2.45) is 0 Å². The minimum atomic E-state index is -0.754. The number of nitrogens with zero attached hydrogens (tertiary/aromatic N) is 1. The number of hydrogen-bond acceptors (Lipinski definition) is 4. The lowest BCUT2D eigenvalue weighted by atomic mass is 10.1. The van der Waals surface area contributed by atoms with Crippen LogP contribution in [0.1, 0.15) is 55.8 Å². The number of benzene rings is 1. The van der Waals surface area contributed by atoms with Crippen molar-refractivity contribution in [3.8, 4) is 5.88 Å². The van der Waals surface area contributed by atoms with E-state index in [0.717, 1.165) is 19.3 Å². The lowest BCUT2D eigenvalue weighted by molar-refractivity contribution is 0.0937. The van der Waals surface area contributed by atoms with Gasteiger partial charge in [-0.05, 0) is 12.5 Å². The molecule has 6 nitrogen and oxygen atoms in total. The van der Waals surface area contributed by atoms with Gasteiger partial charge in [-0.2, -0.15) is 0 Å². The fraction of sp³-hybridized carbons (Fsp3) is 0.444. The summed E-state index contributed by atoms with van der Waals surface area (Å²) in [4.78, 5) is 24.3. The van der Waals surface area contributed by atoms with E-state index in [9.17, 15) is 19.9 Å². The van der Waals surface area contributed by atoms with Crippen LogP contribution in [-0.2, 0) is 0 Å². The third-order valence-electron chi connectivity index (χ3n) is 4.09. The second-order valence-electron chi connectivity index (χ2n) is 5.88. The molecule has 0 spiro atoms. The van der Waals surface area contributed by atoms with Crippen molar-refractivity contribution >= 4 is 16.7 Å². The van der Waals surface area contributed by atoms with Crippen molar-refractivity contribution in [3.63, 3.8) is 0 Å². The van der Waals surface area contributed by atoms with Crippen molar-refractivity contribution in [2.45, 2.75) is 45.4 Å². The molecule has 24 heavy (non-hydrogen) atoms. The van der Waals surface area contributed by atoms with Crippen LogP contribution in [0.5, 0.6) is 5.88 Å². The molecular weight excluding hydrogens is 308 g/mol. The maximum absolute atomic E-state index is 12.4. The first-order valence-electron chi connectivity index (χ1n) is 8.42. The summed E-state index contributed by atoms with van der Waals surface area (Å²) in [5.41, 5.74) is -0.839. The highest BCUT2D eigenvalue weighted by molar-refractivity contribution is 6.08. The first kappa shape index (κ1) is 17.8. The van der Waals surface area contributed by atoms with E-state index in [1.165, 1.54) is 25.3 Å². The molecule has 0 radical (unpaired) electrons. The summed E-state index contributed by atoms with van der Waals surface area (Å²) in [5, 5.41) is 23.0. The molecule has 0 bridgehead atoms. The molecule has 2 aromatic rings.